The summed E-state index contributed by atoms with van der Waals surface area (Å²) in [5, 5.41) is 23.1. The van der Waals surface area contributed by atoms with Crippen molar-refractivity contribution >= 4 is 22.5 Å². The molecule has 1 aromatic heterocycles. The number of nitriles is 1. The van der Waals surface area contributed by atoms with Crippen molar-refractivity contribution in [3.05, 3.63) is 106 Å². The summed E-state index contributed by atoms with van der Waals surface area (Å²) < 4.78 is 5.75. The molecule has 3 aromatic carbocycles. The van der Waals surface area contributed by atoms with Crippen LogP contribution in [0.2, 0.25) is 5.02 Å². The van der Waals surface area contributed by atoms with E-state index in [1.165, 1.54) is 5.56 Å². The number of benzene rings is 3. The van der Waals surface area contributed by atoms with Gasteiger partial charge >= 0.3 is 0 Å². The van der Waals surface area contributed by atoms with Crippen molar-refractivity contribution in [2.75, 3.05) is 20.2 Å². The molecule has 2 heterocycles. The Morgan fingerprint density at radius 1 is 1.06 bits per heavy atom. The number of fused-ring (bicyclic) bond motifs is 1. The Labute approximate surface area is 216 Å². The molecule has 1 atom stereocenters. The van der Waals surface area contributed by atoms with E-state index in [0.717, 1.165) is 41.7 Å². The van der Waals surface area contributed by atoms with Gasteiger partial charge in [0.15, 0.2) is 0 Å². The summed E-state index contributed by atoms with van der Waals surface area (Å²) in [6.07, 6.45) is 1.21. The number of pyridine rings is 1. The molecule has 1 fully saturated rings. The zero-order valence-electron chi connectivity index (χ0n) is 20.2. The van der Waals surface area contributed by atoms with E-state index >= 15 is 0 Å². The van der Waals surface area contributed by atoms with Crippen LogP contribution in [-0.4, -0.2) is 40.8 Å². The largest absolute Gasteiger partial charge is 0.481 e. The normalized spacial score (nSPS) is 16.4. The molecule has 1 N–H and O–H groups in total. The topological polar surface area (TPSA) is 69.4 Å². The average molecular weight is 498 g/mol. The fourth-order valence-electron chi connectivity index (χ4n) is 5.28. The second kappa shape index (κ2) is 10.3. The van der Waals surface area contributed by atoms with Crippen molar-refractivity contribution in [3.63, 3.8) is 0 Å². The van der Waals surface area contributed by atoms with Crippen molar-refractivity contribution in [2.45, 2.75) is 30.9 Å². The van der Waals surface area contributed by atoms with Gasteiger partial charge in [-0.25, -0.2) is 4.98 Å². The number of hydrogen-bond acceptors (Lipinski definition) is 5. The van der Waals surface area contributed by atoms with E-state index in [1.807, 2.05) is 48.5 Å². The maximum Gasteiger partial charge on any atom is 0.217 e. The first-order chi connectivity index (χ1) is 17.5. The van der Waals surface area contributed by atoms with Gasteiger partial charge in [-0.3, -0.25) is 4.90 Å². The zero-order valence-corrected chi connectivity index (χ0v) is 20.9. The predicted octanol–water partition coefficient (Wildman–Crippen LogP) is 5.93. The van der Waals surface area contributed by atoms with Crippen molar-refractivity contribution in [2.24, 2.45) is 0 Å². The van der Waals surface area contributed by atoms with Gasteiger partial charge in [0.25, 0.3) is 0 Å². The lowest BCUT2D eigenvalue weighted by atomic mass is 9.72. The molecular formula is C30H28ClN3O2. The molecule has 0 amide bonds. The molecule has 0 aliphatic carbocycles. The van der Waals surface area contributed by atoms with E-state index in [1.54, 1.807) is 13.2 Å². The SMILES string of the molecule is COc1nc2ccc(C#N)cc2cc1C(c1ccc(Cl)cc1)C1(O)CCN(Cc2ccccc2)CC1. The lowest BCUT2D eigenvalue weighted by molar-refractivity contribution is -0.0360. The summed E-state index contributed by atoms with van der Waals surface area (Å²) in [4.78, 5) is 7.14. The van der Waals surface area contributed by atoms with Gasteiger partial charge in [-0.1, -0.05) is 54.1 Å². The molecule has 0 saturated carbocycles. The molecule has 0 spiro atoms. The van der Waals surface area contributed by atoms with Crippen LogP contribution in [0.4, 0.5) is 0 Å². The van der Waals surface area contributed by atoms with E-state index in [0.29, 0.717) is 29.3 Å². The molecule has 1 aliphatic rings. The van der Waals surface area contributed by atoms with Crippen molar-refractivity contribution in [3.8, 4) is 11.9 Å². The number of ether oxygens (including phenoxy) is 1. The van der Waals surface area contributed by atoms with Gasteiger partial charge in [-0.05, 0) is 60.4 Å². The number of halogens is 1. The molecule has 6 heteroatoms. The summed E-state index contributed by atoms with van der Waals surface area (Å²) >= 11 is 6.21. The Kier molecular flexibility index (Phi) is 6.93. The van der Waals surface area contributed by atoms with Crippen molar-refractivity contribution in [1.82, 2.24) is 9.88 Å². The molecule has 36 heavy (non-hydrogen) atoms. The van der Waals surface area contributed by atoms with Crippen molar-refractivity contribution in [1.29, 1.82) is 5.26 Å². The fraction of sp³-hybridized carbons (Fsp3) is 0.267. The van der Waals surface area contributed by atoms with Crippen LogP contribution in [0.1, 0.15) is 41.0 Å². The Hall–Kier alpha value is -3.43. The summed E-state index contributed by atoms with van der Waals surface area (Å²) in [5.41, 5.74) is 3.34. The average Bonchev–Trinajstić information content (AvgIpc) is 2.91. The van der Waals surface area contributed by atoms with Crippen molar-refractivity contribution < 1.29 is 9.84 Å². The molecule has 1 unspecified atom stereocenters. The zero-order chi connectivity index (χ0) is 25.1. The molecular weight excluding hydrogens is 470 g/mol. The summed E-state index contributed by atoms with van der Waals surface area (Å²) in [6.45, 7) is 2.41. The third-order valence-electron chi connectivity index (χ3n) is 7.15. The number of aliphatic hydroxyl groups is 1. The van der Waals surface area contributed by atoms with Gasteiger partial charge in [0, 0.05) is 41.5 Å². The summed E-state index contributed by atoms with van der Waals surface area (Å²) in [6, 6.07) is 27.7. The number of hydrogen-bond donors (Lipinski definition) is 1. The molecule has 4 aromatic rings. The number of likely N-dealkylation sites (tertiary alicyclic amines) is 1. The second-order valence-electron chi connectivity index (χ2n) is 9.46. The van der Waals surface area contributed by atoms with E-state index in [2.05, 4.69) is 35.2 Å². The van der Waals surface area contributed by atoms with Crippen LogP contribution in [-0.2, 0) is 6.54 Å². The monoisotopic (exact) mass is 497 g/mol. The maximum absolute atomic E-state index is 12.2. The third-order valence-corrected chi connectivity index (χ3v) is 7.40. The van der Waals surface area contributed by atoms with Crippen LogP contribution in [0.25, 0.3) is 10.9 Å². The molecule has 0 bridgehead atoms. The summed E-state index contributed by atoms with van der Waals surface area (Å²) in [5.74, 6) is 0.110. The molecule has 182 valence electrons. The molecule has 5 nitrogen and oxygen atoms in total. The quantitative estimate of drug-likeness (QED) is 0.357. The van der Waals surface area contributed by atoms with Gasteiger partial charge in [-0.2, -0.15) is 5.26 Å². The second-order valence-corrected chi connectivity index (χ2v) is 9.89. The minimum atomic E-state index is -1.00. The highest BCUT2D eigenvalue weighted by atomic mass is 35.5. The van der Waals surface area contributed by atoms with Gasteiger partial charge in [-0.15, -0.1) is 0 Å². The third kappa shape index (κ3) is 4.94. The van der Waals surface area contributed by atoms with Gasteiger partial charge < -0.3 is 9.84 Å². The van der Waals surface area contributed by atoms with Gasteiger partial charge in [0.1, 0.15) is 0 Å². The fourth-order valence-corrected chi connectivity index (χ4v) is 5.40. The van der Waals surface area contributed by atoms with E-state index in [4.69, 9.17) is 21.3 Å². The molecule has 1 aliphatic heterocycles. The highest BCUT2D eigenvalue weighted by Crippen LogP contribution is 2.45. The van der Waals surface area contributed by atoms with Gasteiger partial charge in [0.05, 0.1) is 29.9 Å². The number of aromatic nitrogens is 1. The number of methoxy groups -OCH3 is 1. The van der Waals surface area contributed by atoms with Crippen LogP contribution in [0.15, 0.2) is 78.9 Å². The number of nitrogens with zero attached hydrogens (tertiary/aromatic N) is 3. The highest BCUT2D eigenvalue weighted by molar-refractivity contribution is 6.30. The Morgan fingerprint density at radius 2 is 1.78 bits per heavy atom. The smallest absolute Gasteiger partial charge is 0.217 e. The van der Waals surface area contributed by atoms with Crippen LogP contribution in [0.3, 0.4) is 0 Å². The Bertz CT molecular complexity index is 1390. The standard InChI is InChI=1S/C30H28ClN3O2/c1-36-29-26(18-24-17-22(19-32)7-12-27(24)33-29)28(23-8-10-25(31)11-9-23)30(35)13-15-34(16-14-30)20-21-5-3-2-4-6-21/h2-12,17-18,28,35H,13-16,20H2,1H3. The van der Waals surface area contributed by atoms with Crippen LogP contribution < -0.4 is 4.74 Å². The summed E-state index contributed by atoms with van der Waals surface area (Å²) in [7, 11) is 1.60. The Balaban J connectivity index is 1.54. The molecule has 5 rings (SSSR count). The molecule has 0 radical (unpaired) electrons. The lowest BCUT2D eigenvalue weighted by Crippen LogP contribution is -2.48. The van der Waals surface area contributed by atoms with Crippen LogP contribution in [0, 0.1) is 11.3 Å². The van der Waals surface area contributed by atoms with E-state index in [-0.39, 0.29) is 5.92 Å². The number of piperidine rings is 1. The van der Waals surface area contributed by atoms with E-state index < -0.39 is 5.60 Å². The first-order valence-electron chi connectivity index (χ1n) is 12.1. The van der Waals surface area contributed by atoms with E-state index in [9.17, 15) is 10.4 Å². The number of rotatable bonds is 6. The first-order valence-corrected chi connectivity index (χ1v) is 12.5. The lowest BCUT2D eigenvalue weighted by Gasteiger charge is -2.43. The molecule has 1 saturated heterocycles. The highest BCUT2D eigenvalue weighted by Gasteiger charge is 2.43. The van der Waals surface area contributed by atoms with Gasteiger partial charge in [0.2, 0.25) is 5.88 Å². The predicted molar refractivity (Wildman–Crippen MR) is 142 cm³/mol. The minimum Gasteiger partial charge on any atom is -0.481 e. The van der Waals surface area contributed by atoms with Crippen LogP contribution in [0.5, 0.6) is 5.88 Å². The first kappa shape index (κ1) is 24.3. The maximum atomic E-state index is 12.2. The minimum absolute atomic E-state index is 0.369. The Morgan fingerprint density at radius 3 is 2.44 bits per heavy atom. The van der Waals surface area contributed by atoms with Crippen LogP contribution >= 0.6 is 11.6 Å².